The van der Waals surface area contributed by atoms with Crippen molar-refractivity contribution in [2.75, 3.05) is 19.6 Å². The van der Waals surface area contributed by atoms with E-state index in [1.165, 1.54) is 12.8 Å². The molecule has 0 saturated carbocycles. The molecular formula is C16H22N2O2. The fourth-order valence-electron chi connectivity index (χ4n) is 2.84. The van der Waals surface area contributed by atoms with Gasteiger partial charge in [-0.2, -0.15) is 0 Å². The minimum atomic E-state index is 0.321. The predicted octanol–water partition coefficient (Wildman–Crippen LogP) is 3.11. The van der Waals surface area contributed by atoms with Gasteiger partial charge in [0.2, 0.25) is 0 Å². The average Bonchev–Trinajstić information content (AvgIpc) is 3.17. The van der Waals surface area contributed by atoms with Crippen LogP contribution < -0.4 is 5.32 Å². The Bertz CT molecular complexity index is 512. The number of rotatable bonds is 6. The Morgan fingerprint density at radius 2 is 2.10 bits per heavy atom. The lowest BCUT2D eigenvalue weighted by molar-refractivity contribution is 0.206. The maximum atomic E-state index is 5.84. The Hall–Kier alpha value is -1.52. The first-order valence-corrected chi connectivity index (χ1v) is 7.36. The highest BCUT2D eigenvalue weighted by atomic mass is 16.3. The highest BCUT2D eigenvalue weighted by Crippen LogP contribution is 2.26. The van der Waals surface area contributed by atoms with Gasteiger partial charge in [-0.1, -0.05) is 0 Å². The Morgan fingerprint density at radius 1 is 1.25 bits per heavy atom. The van der Waals surface area contributed by atoms with E-state index in [-0.39, 0.29) is 0 Å². The van der Waals surface area contributed by atoms with Crippen molar-refractivity contribution in [3.05, 3.63) is 47.8 Å². The molecule has 3 rings (SSSR count). The summed E-state index contributed by atoms with van der Waals surface area (Å²) in [7, 11) is 0. The van der Waals surface area contributed by atoms with Crippen molar-refractivity contribution in [1.29, 1.82) is 0 Å². The molecule has 1 fully saturated rings. The van der Waals surface area contributed by atoms with Gasteiger partial charge in [0.1, 0.15) is 17.3 Å². The van der Waals surface area contributed by atoms with Gasteiger partial charge in [-0.3, -0.25) is 4.90 Å². The van der Waals surface area contributed by atoms with Gasteiger partial charge in [0.05, 0.1) is 18.8 Å². The monoisotopic (exact) mass is 274 g/mol. The van der Waals surface area contributed by atoms with Crippen LogP contribution in [0.3, 0.4) is 0 Å². The van der Waals surface area contributed by atoms with E-state index in [1.807, 2.05) is 25.1 Å². The van der Waals surface area contributed by atoms with E-state index in [9.17, 15) is 0 Å². The lowest BCUT2D eigenvalue weighted by Gasteiger charge is -2.26. The van der Waals surface area contributed by atoms with E-state index in [0.29, 0.717) is 6.04 Å². The molecule has 20 heavy (non-hydrogen) atoms. The van der Waals surface area contributed by atoms with Gasteiger partial charge in [-0.25, -0.2) is 0 Å². The number of likely N-dealkylation sites (tertiary alicyclic amines) is 1. The Morgan fingerprint density at radius 3 is 2.75 bits per heavy atom. The van der Waals surface area contributed by atoms with Crippen molar-refractivity contribution < 1.29 is 8.83 Å². The van der Waals surface area contributed by atoms with Crippen LogP contribution in [0.4, 0.5) is 0 Å². The third kappa shape index (κ3) is 3.14. The summed E-state index contributed by atoms with van der Waals surface area (Å²) in [6.07, 6.45) is 4.29. The van der Waals surface area contributed by atoms with Gasteiger partial charge in [0.25, 0.3) is 0 Å². The third-order valence-electron chi connectivity index (χ3n) is 3.89. The van der Waals surface area contributed by atoms with E-state index in [2.05, 4.69) is 16.3 Å². The van der Waals surface area contributed by atoms with Crippen molar-refractivity contribution in [1.82, 2.24) is 10.2 Å². The quantitative estimate of drug-likeness (QED) is 0.879. The molecule has 0 amide bonds. The number of nitrogens with zero attached hydrogens (tertiary/aromatic N) is 1. The van der Waals surface area contributed by atoms with E-state index < -0.39 is 0 Å². The number of aryl methyl sites for hydroxylation is 1. The second-order valence-electron chi connectivity index (χ2n) is 5.42. The maximum absolute atomic E-state index is 5.84. The van der Waals surface area contributed by atoms with Crippen molar-refractivity contribution in [2.24, 2.45) is 0 Å². The molecule has 0 radical (unpaired) electrons. The molecule has 2 aromatic heterocycles. The van der Waals surface area contributed by atoms with Crippen LogP contribution in [0.15, 0.2) is 39.4 Å². The van der Waals surface area contributed by atoms with Crippen molar-refractivity contribution in [3.63, 3.8) is 0 Å². The summed E-state index contributed by atoms with van der Waals surface area (Å²) in [5.41, 5.74) is 0. The number of furan rings is 2. The van der Waals surface area contributed by atoms with Gasteiger partial charge in [0.15, 0.2) is 0 Å². The molecule has 1 saturated heterocycles. The van der Waals surface area contributed by atoms with Gasteiger partial charge >= 0.3 is 0 Å². The number of hydrogen-bond donors (Lipinski definition) is 1. The SMILES string of the molecule is Cc1ccc(C(CNCc2ccco2)N2CCCC2)o1. The maximum Gasteiger partial charge on any atom is 0.122 e. The molecule has 4 heteroatoms. The molecule has 0 aliphatic carbocycles. The molecule has 1 aliphatic rings. The summed E-state index contributed by atoms with van der Waals surface area (Å²) in [5, 5.41) is 3.48. The zero-order valence-corrected chi connectivity index (χ0v) is 12.0. The molecule has 1 N–H and O–H groups in total. The molecular weight excluding hydrogens is 252 g/mol. The van der Waals surface area contributed by atoms with Crippen molar-refractivity contribution in [2.45, 2.75) is 32.4 Å². The molecule has 0 bridgehead atoms. The molecule has 1 unspecified atom stereocenters. The fourth-order valence-corrected chi connectivity index (χ4v) is 2.84. The zero-order valence-electron chi connectivity index (χ0n) is 12.0. The van der Waals surface area contributed by atoms with Gasteiger partial charge in [-0.15, -0.1) is 0 Å². The minimum absolute atomic E-state index is 0.321. The Balaban J connectivity index is 1.62. The van der Waals surface area contributed by atoms with Gasteiger partial charge in [-0.05, 0) is 57.1 Å². The van der Waals surface area contributed by atoms with Crippen LogP contribution in [-0.4, -0.2) is 24.5 Å². The molecule has 108 valence electrons. The minimum Gasteiger partial charge on any atom is -0.468 e. The first kappa shape index (κ1) is 13.5. The van der Waals surface area contributed by atoms with E-state index in [4.69, 9.17) is 8.83 Å². The number of nitrogens with one attached hydrogen (secondary N) is 1. The third-order valence-corrected chi connectivity index (χ3v) is 3.89. The Kier molecular flexibility index (Phi) is 4.23. The molecule has 2 aromatic rings. The van der Waals surface area contributed by atoms with Crippen LogP contribution in [0.2, 0.25) is 0 Å². The highest BCUT2D eigenvalue weighted by molar-refractivity contribution is 5.11. The zero-order chi connectivity index (χ0) is 13.8. The molecule has 0 spiro atoms. The largest absolute Gasteiger partial charge is 0.468 e. The molecule has 1 aliphatic heterocycles. The molecule has 3 heterocycles. The van der Waals surface area contributed by atoms with Crippen LogP contribution in [0.5, 0.6) is 0 Å². The summed E-state index contributed by atoms with van der Waals surface area (Å²) >= 11 is 0. The topological polar surface area (TPSA) is 41.6 Å². The summed E-state index contributed by atoms with van der Waals surface area (Å²) in [6.45, 7) is 5.96. The second-order valence-corrected chi connectivity index (χ2v) is 5.42. The van der Waals surface area contributed by atoms with E-state index in [1.54, 1.807) is 6.26 Å². The number of hydrogen-bond acceptors (Lipinski definition) is 4. The predicted molar refractivity (Wildman–Crippen MR) is 77.4 cm³/mol. The smallest absolute Gasteiger partial charge is 0.122 e. The van der Waals surface area contributed by atoms with Crippen molar-refractivity contribution >= 4 is 0 Å². The molecule has 0 aromatic carbocycles. The van der Waals surface area contributed by atoms with Crippen LogP contribution in [0.1, 0.15) is 36.2 Å². The lowest BCUT2D eigenvalue weighted by Crippen LogP contribution is -2.33. The standard InChI is InChI=1S/C16H22N2O2/c1-13-6-7-16(20-13)15(18-8-2-3-9-18)12-17-11-14-5-4-10-19-14/h4-7,10,15,17H,2-3,8-9,11-12H2,1H3. The summed E-state index contributed by atoms with van der Waals surface area (Å²) in [4.78, 5) is 2.51. The van der Waals surface area contributed by atoms with Gasteiger partial charge < -0.3 is 14.2 Å². The van der Waals surface area contributed by atoms with Gasteiger partial charge in [0, 0.05) is 6.54 Å². The normalized spacial score (nSPS) is 17.6. The summed E-state index contributed by atoms with van der Waals surface area (Å²) in [6, 6.07) is 8.39. The average molecular weight is 274 g/mol. The summed E-state index contributed by atoms with van der Waals surface area (Å²) < 4.78 is 11.2. The second kappa shape index (κ2) is 6.29. The van der Waals surface area contributed by atoms with E-state index >= 15 is 0 Å². The van der Waals surface area contributed by atoms with Crippen molar-refractivity contribution in [3.8, 4) is 0 Å². The molecule has 4 nitrogen and oxygen atoms in total. The Labute approximate surface area is 119 Å². The molecule has 1 atom stereocenters. The summed E-state index contributed by atoms with van der Waals surface area (Å²) in [5.74, 6) is 3.02. The van der Waals surface area contributed by atoms with E-state index in [0.717, 1.165) is 43.5 Å². The first-order valence-electron chi connectivity index (χ1n) is 7.36. The highest BCUT2D eigenvalue weighted by Gasteiger charge is 2.25. The lowest BCUT2D eigenvalue weighted by atomic mass is 10.2. The first-order chi connectivity index (χ1) is 9.83. The van der Waals surface area contributed by atoms with Crippen LogP contribution in [-0.2, 0) is 6.54 Å². The van der Waals surface area contributed by atoms with Crippen LogP contribution >= 0.6 is 0 Å². The van der Waals surface area contributed by atoms with Crippen LogP contribution in [0, 0.1) is 6.92 Å². The fraction of sp³-hybridized carbons (Fsp3) is 0.500. The van der Waals surface area contributed by atoms with Crippen LogP contribution in [0.25, 0.3) is 0 Å².